The summed E-state index contributed by atoms with van der Waals surface area (Å²) in [6.07, 6.45) is 4.87. The number of anilines is 2. The number of halogens is 2. The van der Waals surface area contributed by atoms with E-state index in [2.05, 4.69) is 27.2 Å². The zero-order valence-electron chi connectivity index (χ0n) is 17.7. The molecule has 0 unspecified atom stereocenters. The Morgan fingerprint density at radius 3 is 2.71 bits per heavy atom. The SMILES string of the molecule is COc1cc2c(Nc3ccc(Cl)cc3F)ncnc2cc1OCCC1CCN(C)CC1. The Morgan fingerprint density at radius 1 is 1.16 bits per heavy atom. The summed E-state index contributed by atoms with van der Waals surface area (Å²) in [5, 5.41) is 4.06. The first-order chi connectivity index (χ1) is 15.0. The third-order valence-electron chi connectivity index (χ3n) is 5.73. The van der Waals surface area contributed by atoms with Crippen LogP contribution in [0.4, 0.5) is 15.9 Å². The van der Waals surface area contributed by atoms with Gasteiger partial charge in [-0.3, -0.25) is 0 Å². The van der Waals surface area contributed by atoms with Crippen molar-refractivity contribution in [2.24, 2.45) is 5.92 Å². The molecule has 0 saturated carbocycles. The average Bonchev–Trinajstić information content (AvgIpc) is 2.76. The highest BCUT2D eigenvalue weighted by Gasteiger charge is 2.18. The Labute approximate surface area is 186 Å². The number of rotatable bonds is 7. The van der Waals surface area contributed by atoms with Gasteiger partial charge in [0, 0.05) is 16.5 Å². The fraction of sp³-hybridized carbons (Fsp3) is 0.391. The van der Waals surface area contributed by atoms with E-state index < -0.39 is 5.82 Å². The molecule has 4 rings (SSSR count). The van der Waals surface area contributed by atoms with Crippen molar-refractivity contribution in [3.63, 3.8) is 0 Å². The highest BCUT2D eigenvalue weighted by atomic mass is 35.5. The van der Waals surface area contributed by atoms with Crippen LogP contribution in [-0.4, -0.2) is 48.7 Å². The van der Waals surface area contributed by atoms with Crippen LogP contribution in [0.1, 0.15) is 19.3 Å². The molecule has 0 amide bonds. The van der Waals surface area contributed by atoms with Crippen molar-refractivity contribution >= 4 is 34.0 Å². The zero-order chi connectivity index (χ0) is 21.8. The van der Waals surface area contributed by atoms with Crippen molar-refractivity contribution in [1.29, 1.82) is 0 Å². The third-order valence-corrected chi connectivity index (χ3v) is 5.96. The molecule has 1 aliphatic heterocycles. The fourth-order valence-corrected chi connectivity index (χ4v) is 4.00. The number of fused-ring (bicyclic) bond motifs is 1. The number of aromatic nitrogens is 2. The van der Waals surface area contributed by atoms with Gasteiger partial charge in [0.15, 0.2) is 11.5 Å². The summed E-state index contributed by atoms with van der Waals surface area (Å²) in [6.45, 7) is 2.91. The van der Waals surface area contributed by atoms with E-state index in [-0.39, 0.29) is 5.69 Å². The number of likely N-dealkylation sites (tertiary alicyclic amines) is 1. The number of ether oxygens (including phenoxy) is 2. The van der Waals surface area contributed by atoms with E-state index in [1.165, 1.54) is 25.2 Å². The van der Waals surface area contributed by atoms with Crippen molar-refractivity contribution in [2.75, 3.05) is 39.2 Å². The maximum atomic E-state index is 14.2. The van der Waals surface area contributed by atoms with Crippen LogP contribution >= 0.6 is 11.6 Å². The van der Waals surface area contributed by atoms with Gasteiger partial charge in [0.25, 0.3) is 0 Å². The minimum absolute atomic E-state index is 0.279. The van der Waals surface area contributed by atoms with Crippen molar-refractivity contribution in [1.82, 2.24) is 14.9 Å². The Kier molecular flexibility index (Phi) is 6.73. The third kappa shape index (κ3) is 5.17. The molecule has 1 aliphatic rings. The monoisotopic (exact) mass is 444 g/mol. The molecule has 0 spiro atoms. The van der Waals surface area contributed by atoms with Crippen LogP contribution in [0.25, 0.3) is 10.9 Å². The maximum Gasteiger partial charge on any atom is 0.163 e. The Morgan fingerprint density at radius 2 is 1.97 bits per heavy atom. The van der Waals surface area contributed by atoms with Gasteiger partial charge in [-0.05, 0) is 69.6 Å². The predicted molar refractivity (Wildman–Crippen MR) is 121 cm³/mol. The lowest BCUT2D eigenvalue weighted by Crippen LogP contribution is -2.30. The van der Waals surface area contributed by atoms with Crippen LogP contribution in [0.15, 0.2) is 36.7 Å². The molecule has 2 aromatic carbocycles. The molecule has 1 fully saturated rings. The highest BCUT2D eigenvalue weighted by molar-refractivity contribution is 6.30. The van der Waals surface area contributed by atoms with Gasteiger partial charge in [-0.1, -0.05) is 11.6 Å². The minimum atomic E-state index is -0.458. The van der Waals surface area contributed by atoms with Crippen LogP contribution in [0.5, 0.6) is 11.5 Å². The van der Waals surface area contributed by atoms with Crippen LogP contribution < -0.4 is 14.8 Å². The second-order valence-electron chi connectivity index (χ2n) is 7.88. The molecular weight excluding hydrogens is 419 g/mol. The molecule has 1 aromatic heterocycles. The zero-order valence-corrected chi connectivity index (χ0v) is 18.5. The van der Waals surface area contributed by atoms with Crippen LogP contribution in [0.3, 0.4) is 0 Å². The van der Waals surface area contributed by atoms with Crippen molar-refractivity contribution < 1.29 is 13.9 Å². The standard InChI is InChI=1S/C23H26ClFN4O2/c1-29-8-5-15(6-9-29)7-10-31-22-13-20-17(12-21(22)30-2)23(27-14-26-20)28-19-4-3-16(24)11-18(19)25/h3-4,11-15H,5-10H2,1-2H3,(H,26,27,28). The van der Waals surface area contributed by atoms with Gasteiger partial charge in [0.05, 0.1) is 24.9 Å². The predicted octanol–water partition coefficient (Wildman–Crippen LogP) is 5.29. The van der Waals surface area contributed by atoms with Crippen LogP contribution in [0.2, 0.25) is 5.02 Å². The molecule has 8 heteroatoms. The highest BCUT2D eigenvalue weighted by Crippen LogP contribution is 2.35. The Hall–Kier alpha value is -2.64. The maximum absolute atomic E-state index is 14.2. The lowest BCUT2D eigenvalue weighted by Gasteiger charge is -2.28. The van der Waals surface area contributed by atoms with E-state index in [1.807, 2.05) is 12.1 Å². The van der Waals surface area contributed by atoms with Gasteiger partial charge >= 0.3 is 0 Å². The minimum Gasteiger partial charge on any atom is -0.493 e. The molecule has 164 valence electrons. The number of piperidine rings is 1. The summed E-state index contributed by atoms with van der Waals surface area (Å²) in [7, 11) is 3.76. The van der Waals surface area contributed by atoms with Crippen LogP contribution in [0, 0.1) is 11.7 Å². The molecule has 0 radical (unpaired) electrons. The van der Waals surface area contributed by atoms with E-state index >= 15 is 0 Å². The molecule has 3 aromatic rings. The molecule has 1 saturated heterocycles. The molecule has 31 heavy (non-hydrogen) atoms. The number of nitrogens with one attached hydrogen (secondary N) is 1. The average molecular weight is 445 g/mol. The number of methoxy groups -OCH3 is 1. The number of benzene rings is 2. The summed E-state index contributed by atoms with van der Waals surface area (Å²) in [4.78, 5) is 11.0. The molecule has 0 aliphatic carbocycles. The van der Waals surface area contributed by atoms with E-state index in [0.717, 1.165) is 19.5 Å². The lowest BCUT2D eigenvalue weighted by atomic mass is 9.94. The normalized spacial score (nSPS) is 15.2. The molecule has 0 atom stereocenters. The molecule has 1 N–H and O–H groups in total. The van der Waals surface area contributed by atoms with Crippen molar-refractivity contribution in [3.8, 4) is 11.5 Å². The fourth-order valence-electron chi connectivity index (χ4n) is 3.84. The first-order valence-electron chi connectivity index (χ1n) is 10.4. The summed E-state index contributed by atoms with van der Waals surface area (Å²) in [5.74, 6) is 1.94. The summed E-state index contributed by atoms with van der Waals surface area (Å²) in [5.41, 5.74) is 0.962. The summed E-state index contributed by atoms with van der Waals surface area (Å²) < 4.78 is 25.8. The van der Waals surface area contributed by atoms with Gasteiger partial charge in [-0.15, -0.1) is 0 Å². The second kappa shape index (κ2) is 9.66. The number of nitrogens with zero attached hydrogens (tertiary/aromatic N) is 3. The molecule has 0 bridgehead atoms. The van der Waals surface area contributed by atoms with E-state index in [1.54, 1.807) is 19.2 Å². The van der Waals surface area contributed by atoms with E-state index in [4.69, 9.17) is 21.1 Å². The van der Waals surface area contributed by atoms with Crippen molar-refractivity contribution in [2.45, 2.75) is 19.3 Å². The smallest absolute Gasteiger partial charge is 0.163 e. The number of hydrogen-bond donors (Lipinski definition) is 1. The Bertz CT molecular complexity index is 1060. The molecular formula is C23H26ClFN4O2. The topological polar surface area (TPSA) is 59.5 Å². The molecule has 2 heterocycles. The van der Waals surface area contributed by atoms with Gasteiger partial charge in [-0.2, -0.15) is 0 Å². The van der Waals surface area contributed by atoms with Gasteiger partial charge in [0.2, 0.25) is 0 Å². The van der Waals surface area contributed by atoms with Crippen molar-refractivity contribution in [3.05, 3.63) is 47.5 Å². The number of hydrogen-bond acceptors (Lipinski definition) is 6. The van der Waals surface area contributed by atoms with Gasteiger partial charge in [-0.25, -0.2) is 14.4 Å². The molecule has 6 nitrogen and oxygen atoms in total. The summed E-state index contributed by atoms with van der Waals surface area (Å²) in [6, 6.07) is 8.10. The van der Waals surface area contributed by atoms with Crippen LogP contribution in [-0.2, 0) is 0 Å². The summed E-state index contributed by atoms with van der Waals surface area (Å²) >= 11 is 5.84. The first-order valence-corrected chi connectivity index (χ1v) is 10.8. The van der Waals surface area contributed by atoms with E-state index in [0.29, 0.717) is 45.8 Å². The van der Waals surface area contributed by atoms with Gasteiger partial charge < -0.3 is 19.7 Å². The largest absolute Gasteiger partial charge is 0.493 e. The van der Waals surface area contributed by atoms with Gasteiger partial charge in [0.1, 0.15) is 18.0 Å². The van der Waals surface area contributed by atoms with E-state index in [9.17, 15) is 4.39 Å². The Balaban J connectivity index is 1.52. The lowest BCUT2D eigenvalue weighted by molar-refractivity contribution is 0.186. The second-order valence-corrected chi connectivity index (χ2v) is 8.31. The quantitative estimate of drug-likeness (QED) is 0.534. The first kappa shape index (κ1) is 21.6.